The number of carbonyl (C=O) groups excluding carboxylic acids is 1. The number of anilines is 1. The summed E-state index contributed by atoms with van der Waals surface area (Å²) < 4.78 is 36.7. The lowest BCUT2D eigenvalue weighted by Crippen LogP contribution is -2.42. The summed E-state index contributed by atoms with van der Waals surface area (Å²) in [7, 11) is 1.57. The number of methoxy groups -OCH3 is 1. The molecule has 0 aromatic heterocycles. The fourth-order valence-corrected chi connectivity index (χ4v) is 2.26. The van der Waals surface area contributed by atoms with Crippen LogP contribution in [-0.4, -0.2) is 65.4 Å². The third-order valence-corrected chi connectivity index (χ3v) is 3.50. The molecule has 1 unspecified atom stereocenters. The van der Waals surface area contributed by atoms with Crippen molar-refractivity contribution in [2.75, 3.05) is 25.6 Å². The molecule has 0 bridgehead atoms. The number of benzene rings is 1. The number of para-hydroxylation sites is 1. The first kappa shape index (κ1) is 22.2. The van der Waals surface area contributed by atoms with Crippen molar-refractivity contribution in [2.45, 2.75) is 25.2 Å². The highest BCUT2D eigenvalue weighted by Crippen LogP contribution is 2.23. The van der Waals surface area contributed by atoms with E-state index in [1.807, 2.05) is 24.3 Å². The zero-order chi connectivity index (χ0) is 20.6. The van der Waals surface area contributed by atoms with Crippen LogP contribution in [0.2, 0.25) is 0 Å². The number of halogens is 3. The molecule has 0 fully saturated rings. The summed E-state index contributed by atoms with van der Waals surface area (Å²) in [6.07, 6.45) is -5.32. The first-order valence-corrected chi connectivity index (χ1v) is 7.70. The van der Waals surface area contributed by atoms with Gasteiger partial charge in [-0.1, -0.05) is 18.2 Å². The standard InChI is InChI=1S/C14H18N2O4.C2HF3O2/c1-20-7-6-16-9-10-4-2-3-5-11(10)15-12(14(16)19)8-13(17)18;3-2(4,5)1(6)7/h2-5,12,15H,6-9H2,1H3,(H,17,18);(H,6,7). The van der Waals surface area contributed by atoms with E-state index in [0.29, 0.717) is 19.7 Å². The topological polar surface area (TPSA) is 116 Å². The molecule has 0 spiro atoms. The van der Waals surface area contributed by atoms with Crippen LogP contribution in [0.25, 0.3) is 0 Å². The highest BCUT2D eigenvalue weighted by molar-refractivity contribution is 5.90. The third kappa shape index (κ3) is 7.13. The highest BCUT2D eigenvalue weighted by atomic mass is 19.4. The summed E-state index contributed by atoms with van der Waals surface area (Å²) >= 11 is 0. The Morgan fingerprint density at radius 1 is 1.30 bits per heavy atom. The largest absolute Gasteiger partial charge is 0.490 e. The minimum atomic E-state index is -5.08. The van der Waals surface area contributed by atoms with Gasteiger partial charge in [0.25, 0.3) is 0 Å². The number of rotatable bonds is 5. The van der Waals surface area contributed by atoms with E-state index in [-0.39, 0.29) is 12.3 Å². The third-order valence-electron chi connectivity index (χ3n) is 3.50. The van der Waals surface area contributed by atoms with Gasteiger partial charge in [0.15, 0.2) is 0 Å². The van der Waals surface area contributed by atoms with Crippen LogP contribution in [0.15, 0.2) is 24.3 Å². The number of alkyl halides is 3. The molecule has 0 saturated carbocycles. The quantitative estimate of drug-likeness (QED) is 0.696. The van der Waals surface area contributed by atoms with Gasteiger partial charge in [0, 0.05) is 25.9 Å². The number of hydrogen-bond acceptors (Lipinski definition) is 5. The maximum absolute atomic E-state index is 12.4. The van der Waals surface area contributed by atoms with Crippen LogP contribution in [0, 0.1) is 0 Å². The number of fused-ring (bicyclic) bond motifs is 1. The van der Waals surface area contributed by atoms with Crippen molar-refractivity contribution < 1.29 is 42.5 Å². The molecule has 0 aliphatic carbocycles. The van der Waals surface area contributed by atoms with Crippen LogP contribution in [-0.2, 0) is 25.7 Å². The summed E-state index contributed by atoms with van der Waals surface area (Å²) in [5.41, 5.74) is 1.79. The average molecular weight is 392 g/mol. The van der Waals surface area contributed by atoms with Crippen LogP contribution >= 0.6 is 0 Å². The first-order valence-electron chi connectivity index (χ1n) is 7.70. The molecule has 8 nitrogen and oxygen atoms in total. The maximum Gasteiger partial charge on any atom is 0.490 e. The minimum Gasteiger partial charge on any atom is -0.481 e. The SMILES string of the molecule is COCCN1Cc2ccccc2NC(CC(=O)O)C1=O.O=C(O)C(F)(F)F. The smallest absolute Gasteiger partial charge is 0.481 e. The Hall–Kier alpha value is -2.82. The Labute approximate surface area is 152 Å². The lowest BCUT2D eigenvalue weighted by atomic mass is 10.1. The minimum absolute atomic E-state index is 0.208. The number of carboxylic acid groups (broad SMARTS) is 2. The predicted molar refractivity (Wildman–Crippen MR) is 87.1 cm³/mol. The Morgan fingerprint density at radius 2 is 1.89 bits per heavy atom. The lowest BCUT2D eigenvalue weighted by molar-refractivity contribution is -0.192. The van der Waals surface area contributed by atoms with Gasteiger partial charge in [-0.3, -0.25) is 9.59 Å². The van der Waals surface area contributed by atoms with Crippen LogP contribution in [0.4, 0.5) is 18.9 Å². The zero-order valence-electron chi connectivity index (χ0n) is 14.3. The zero-order valence-corrected chi connectivity index (χ0v) is 14.3. The van der Waals surface area contributed by atoms with E-state index in [2.05, 4.69) is 5.32 Å². The Kier molecular flexibility index (Phi) is 8.03. The fourth-order valence-electron chi connectivity index (χ4n) is 2.26. The van der Waals surface area contributed by atoms with Crippen molar-refractivity contribution in [3.63, 3.8) is 0 Å². The summed E-state index contributed by atoms with van der Waals surface area (Å²) in [6.45, 7) is 1.33. The van der Waals surface area contributed by atoms with Crippen molar-refractivity contribution >= 4 is 23.5 Å². The second-order valence-corrected chi connectivity index (χ2v) is 5.51. The molecule has 1 aromatic carbocycles. The second-order valence-electron chi connectivity index (χ2n) is 5.51. The second kappa shape index (κ2) is 9.76. The number of aliphatic carboxylic acids is 2. The molecule has 0 radical (unpaired) electrons. The van der Waals surface area contributed by atoms with Gasteiger partial charge in [-0.15, -0.1) is 0 Å². The number of carbonyl (C=O) groups is 3. The monoisotopic (exact) mass is 392 g/mol. The number of hydrogen-bond donors (Lipinski definition) is 3. The van der Waals surface area contributed by atoms with Crippen molar-refractivity contribution in [1.82, 2.24) is 4.90 Å². The van der Waals surface area contributed by atoms with Gasteiger partial charge in [-0.25, -0.2) is 4.79 Å². The number of nitrogens with one attached hydrogen (secondary N) is 1. The first-order chi connectivity index (χ1) is 12.6. The van der Waals surface area contributed by atoms with Crippen molar-refractivity contribution in [2.24, 2.45) is 0 Å². The molecule has 2 rings (SSSR count). The molecular formula is C16H19F3N2O6. The van der Waals surface area contributed by atoms with E-state index in [4.69, 9.17) is 19.7 Å². The Balaban J connectivity index is 0.000000445. The molecule has 3 N–H and O–H groups in total. The summed E-state index contributed by atoms with van der Waals surface area (Å²) in [5, 5.41) is 19.1. The number of ether oxygens (including phenoxy) is 1. The lowest BCUT2D eigenvalue weighted by Gasteiger charge is -2.23. The number of nitrogens with zero attached hydrogens (tertiary/aromatic N) is 1. The van der Waals surface area contributed by atoms with Gasteiger partial charge >= 0.3 is 18.1 Å². The van der Waals surface area contributed by atoms with Crippen LogP contribution in [0.5, 0.6) is 0 Å². The maximum atomic E-state index is 12.4. The molecule has 1 heterocycles. The van der Waals surface area contributed by atoms with Crippen molar-refractivity contribution in [3.05, 3.63) is 29.8 Å². The molecule has 11 heteroatoms. The van der Waals surface area contributed by atoms with Crippen molar-refractivity contribution in [3.8, 4) is 0 Å². The summed E-state index contributed by atoms with van der Waals surface area (Å²) in [4.78, 5) is 33.9. The molecule has 150 valence electrons. The number of carboxylic acids is 2. The Morgan fingerprint density at radius 3 is 2.41 bits per heavy atom. The molecule has 1 amide bonds. The van der Waals surface area contributed by atoms with Crippen LogP contribution in [0.1, 0.15) is 12.0 Å². The molecule has 1 aliphatic heterocycles. The van der Waals surface area contributed by atoms with E-state index in [1.54, 1.807) is 12.0 Å². The van der Waals surface area contributed by atoms with Gasteiger partial charge < -0.3 is 25.2 Å². The van der Waals surface area contributed by atoms with Crippen LogP contribution in [0.3, 0.4) is 0 Å². The fraction of sp³-hybridized carbons (Fsp3) is 0.438. The molecule has 1 aromatic rings. The molecule has 1 atom stereocenters. The van der Waals surface area contributed by atoms with Crippen LogP contribution < -0.4 is 5.32 Å². The summed E-state index contributed by atoms with van der Waals surface area (Å²) in [5.74, 6) is -3.96. The molecule has 1 aliphatic rings. The van der Waals surface area contributed by atoms with Gasteiger partial charge in [0.05, 0.1) is 13.0 Å². The number of amides is 1. The van der Waals surface area contributed by atoms with E-state index in [0.717, 1.165) is 11.3 Å². The van der Waals surface area contributed by atoms with E-state index < -0.39 is 24.2 Å². The van der Waals surface area contributed by atoms with Crippen molar-refractivity contribution in [1.29, 1.82) is 0 Å². The predicted octanol–water partition coefficient (Wildman–Crippen LogP) is 1.56. The normalized spacial score (nSPS) is 16.4. The molecule has 0 saturated heterocycles. The Bertz CT molecular complexity index is 680. The van der Waals surface area contributed by atoms with Gasteiger partial charge in [0.1, 0.15) is 6.04 Å². The highest BCUT2D eigenvalue weighted by Gasteiger charge is 2.38. The van der Waals surface area contributed by atoms with Gasteiger partial charge in [0.2, 0.25) is 5.91 Å². The summed E-state index contributed by atoms with van der Waals surface area (Å²) in [6, 6.07) is 6.80. The van der Waals surface area contributed by atoms with E-state index >= 15 is 0 Å². The van der Waals surface area contributed by atoms with Gasteiger partial charge in [-0.2, -0.15) is 13.2 Å². The molecule has 27 heavy (non-hydrogen) atoms. The van der Waals surface area contributed by atoms with E-state index in [1.165, 1.54) is 0 Å². The molecular weight excluding hydrogens is 373 g/mol. The van der Waals surface area contributed by atoms with E-state index in [9.17, 15) is 22.8 Å². The average Bonchev–Trinajstić information content (AvgIpc) is 2.70. The van der Waals surface area contributed by atoms with Gasteiger partial charge in [-0.05, 0) is 11.6 Å².